The molecule has 1 N–H and O–H groups in total. The third kappa shape index (κ3) is 7.42. The molecule has 2 rings (SSSR count). The number of halogens is 1. The molecule has 4 heteroatoms. The number of rotatable bonds is 10. The number of benzene rings is 2. The summed E-state index contributed by atoms with van der Waals surface area (Å²) in [7, 11) is 0. The van der Waals surface area contributed by atoms with E-state index in [0.717, 1.165) is 19.3 Å². The lowest BCUT2D eigenvalue weighted by Crippen LogP contribution is -2.18. The minimum absolute atomic E-state index is 0.272. The van der Waals surface area contributed by atoms with E-state index in [1.807, 2.05) is 0 Å². The second-order valence-corrected chi connectivity index (χ2v) is 6.48. The Hall–Kier alpha value is -2.10. The zero-order chi connectivity index (χ0) is 18.6. The van der Waals surface area contributed by atoms with Crippen molar-refractivity contribution in [1.82, 2.24) is 5.32 Å². The molecule has 0 unspecified atom stereocenters. The summed E-state index contributed by atoms with van der Waals surface area (Å²) in [5, 5.41) is 3.17. The van der Waals surface area contributed by atoms with Gasteiger partial charge in [0.1, 0.15) is 11.9 Å². The fraction of sp³-hybridized carbons (Fsp3) is 0.318. The van der Waals surface area contributed by atoms with Crippen molar-refractivity contribution in [3.63, 3.8) is 0 Å². The average Bonchev–Trinajstić information content (AvgIpc) is 2.68. The Bertz CT molecular complexity index is 696. The normalized spacial score (nSPS) is 11.4. The van der Waals surface area contributed by atoms with Crippen LogP contribution in [0.2, 0.25) is 0 Å². The number of aryl methyl sites for hydroxylation is 2. The minimum atomic E-state index is -0.414. The van der Waals surface area contributed by atoms with Crippen molar-refractivity contribution in [2.45, 2.75) is 32.6 Å². The quantitative estimate of drug-likeness (QED) is 0.601. The lowest BCUT2D eigenvalue weighted by atomic mass is 10.0. The fourth-order valence-electron chi connectivity index (χ4n) is 2.75. The molecular weight excluding hydrogens is 346 g/mol. The van der Waals surface area contributed by atoms with Gasteiger partial charge in [-0.05, 0) is 48.4 Å². The second kappa shape index (κ2) is 11.5. The largest absolute Gasteiger partial charge is 0.348 e. The summed E-state index contributed by atoms with van der Waals surface area (Å²) in [5.74, 6) is -0.414. The maximum Gasteiger partial charge on any atom is 0.326 e. The van der Waals surface area contributed by atoms with Gasteiger partial charge in [-0.3, -0.25) is 4.79 Å². The van der Waals surface area contributed by atoms with Gasteiger partial charge in [0.15, 0.2) is 0 Å². The summed E-state index contributed by atoms with van der Waals surface area (Å²) in [6.45, 7) is 3.36. The van der Waals surface area contributed by atoms with Crippen molar-refractivity contribution in [2.24, 2.45) is 0 Å². The predicted octanol–water partition coefficient (Wildman–Crippen LogP) is 4.94. The zero-order valence-corrected chi connectivity index (χ0v) is 16.0. The number of carbonyl (C=O) groups is 1. The first-order valence-corrected chi connectivity index (χ1v) is 9.32. The van der Waals surface area contributed by atoms with E-state index in [1.54, 1.807) is 0 Å². The van der Waals surface area contributed by atoms with Gasteiger partial charge in [-0.1, -0.05) is 60.7 Å². The molecule has 2 aromatic carbocycles. The molecule has 0 atom stereocenters. The molecule has 138 valence electrons. The van der Waals surface area contributed by atoms with Crippen molar-refractivity contribution in [3.8, 4) is 0 Å². The highest BCUT2D eigenvalue weighted by atomic mass is 35.5. The van der Waals surface area contributed by atoms with Crippen molar-refractivity contribution < 1.29 is 9.08 Å². The van der Waals surface area contributed by atoms with Gasteiger partial charge >= 0.3 is 5.97 Å². The first-order chi connectivity index (χ1) is 12.7. The minimum Gasteiger partial charge on any atom is -0.348 e. The molecule has 3 nitrogen and oxygen atoms in total. The first-order valence-electron chi connectivity index (χ1n) is 9.01. The Balaban J connectivity index is 1.73. The molecule has 0 bridgehead atoms. The highest BCUT2D eigenvalue weighted by Crippen LogP contribution is 2.16. The van der Waals surface area contributed by atoms with Crippen LogP contribution in [0.5, 0.6) is 0 Å². The van der Waals surface area contributed by atoms with Crippen LogP contribution in [0.1, 0.15) is 36.5 Å². The molecule has 0 saturated carbocycles. The van der Waals surface area contributed by atoms with E-state index in [-0.39, 0.29) is 6.42 Å². The van der Waals surface area contributed by atoms with Gasteiger partial charge in [-0.2, -0.15) is 0 Å². The molecule has 0 fully saturated rings. The molecule has 0 aliphatic heterocycles. The predicted molar refractivity (Wildman–Crippen MR) is 108 cm³/mol. The van der Waals surface area contributed by atoms with Gasteiger partial charge in [0, 0.05) is 13.1 Å². The van der Waals surface area contributed by atoms with E-state index in [4.69, 9.17) is 11.9 Å². The maximum atomic E-state index is 10.9. The summed E-state index contributed by atoms with van der Waals surface area (Å²) < 4.78 is 4.09. The number of nitrogens with one attached hydrogen (secondary N) is 1. The second-order valence-electron chi connectivity index (χ2n) is 6.33. The van der Waals surface area contributed by atoms with Crippen LogP contribution in [0, 0.1) is 0 Å². The van der Waals surface area contributed by atoms with Gasteiger partial charge < -0.3 is 9.61 Å². The Morgan fingerprint density at radius 2 is 1.69 bits per heavy atom. The Labute approximate surface area is 161 Å². The van der Waals surface area contributed by atoms with Gasteiger partial charge in [0.2, 0.25) is 0 Å². The molecular formula is C22H26ClNO2. The number of carbonyl (C=O) groups excluding carboxylic acids is 1. The maximum absolute atomic E-state index is 10.9. The van der Waals surface area contributed by atoms with Crippen LogP contribution in [-0.4, -0.2) is 19.1 Å². The van der Waals surface area contributed by atoms with Gasteiger partial charge in [0.25, 0.3) is 0 Å². The molecule has 0 spiro atoms. The van der Waals surface area contributed by atoms with Gasteiger partial charge in [0.05, 0.1) is 6.42 Å². The number of hydrogen-bond donors (Lipinski definition) is 1. The molecule has 0 aromatic heterocycles. The van der Waals surface area contributed by atoms with E-state index in [1.165, 1.54) is 22.3 Å². The molecule has 0 aliphatic carbocycles. The Kier molecular flexibility index (Phi) is 8.94. The molecule has 0 saturated heterocycles. The SMILES string of the molecule is C/C(=C\CNCCC(=O)OCl)c1ccc(CCCc2ccccc2)cc1. The van der Waals surface area contributed by atoms with Crippen LogP contribution in [0.3, 0.4) is 0 Å². The molecule has 26 heavy (non-hydrogen) atoms. The first kappa shape index (κ1) is 20.2. The standard InChI is InChI=1S/C22H26ClNO2/c1-18(14-16-24-17-15-22(25)26-23)21-12-10-20(11-13-21)9-5-8-19-6-3-2-4-7-19/h2-4,6-7,10-14,24H,5,8-9,15-17H2,1H3/b18-14+. The van der Waals surface area contributed by atoms with Crippen LogP contribution < -0.4 is 5.32 Å². The monoisotopic (exact) mass is 371 g/mol. The van der Waals surface area contributed by atoms with Crippen LogP contribution >= 0.6 is 11.9 Å². The Morgan fingerprint density at radius 1 is 1.04 bits per heavy atom. The molecule has 0 amide bonds. The average molecular weight is 372 g/mol. The van der Waals surface area contributed by atoms with Crippen molar-refractivity contribution in [1.29, 1.82) is 0 Å². The summed E-state index contributed by atoms with van der Waals surface area (Å²) >= 11 is 4.98. The smallest absolute Gasteiger partial charge is 0.326 e. The van der Waals surface area contributed by atoms with Gasteiger partial charge in [-0.15, -0.1) is 0 Å². The third-order valence-corrected chi connectivity index (χ3v) is 4.50. The van der Waals surface area contributed by atoms with E-state index in [2.05, 4.69) is 77.2 Å². The van der Waals surface area contributed by atoms with E-state index < -0.39 is 5.97 Å². The topological polar surface area (TPSA) is 38.3 Å². The number of allylic oxidation sites excluding steroid dienone is 1. The third-order valence-electron chi connectivity index (χ3n) is 4.33. The lowest BCUT2D eigenvalue weighted by molar-refractivity contribution is -0.133. The van der Waals surface area contributed by atoms with Crippen LogP contribution in [0.25, 0.3) is 5.57 Å². The van der Waals surface area contributed by atoms with E-state index in [9.17, 15) is 4.79 Å². The summed E-state index contributed by atoms with van der Waals surface area (Å²) in [4.78, 5) is 10.9. The van der Waals surface area contributed by atoms with Gasteiger partial charge in [-0.25, -0.2) is 0 Å². The van der Waals surface area contributed by atoms with Crippen LogP contribution in [0.15, 0.2) is 60.7 Å². The van der Waals surface area contributed by atoms with Crippen molar-refractivity contribution >= 4 is 23.4 Å². The highest BCUT2D eigenvalue weighted by Gasteiger charge is 2.01. The summed E-state index contributed by atoms with van der Waals surface area (Å²) in [6, 6.07) is 19.4. The summed E-state index contributed by atoms with van der Waals surface area (Å²) in [5.41, 5.74) is 5.21. The molecule has 0 aliphatic rings. The van der Waals surface area contributed by atoms with Crippen molar-refractivity contribution in [2.75, 3.05) is 13.1 Å². The molecule has 0 radical (unpaired) electrons. The van der Waals surface area contributed by atoms with E-state index >= 15 is 0 Å². The zero-order valence-electron chi connectivity index (χ0n) is 15.2. The fourth-order valence-corrected chi connectivity index (χ4v) is 2.83. The number of hydrogen-bond acceptors (Lipinski definition) is 3. The van der Waals surface area contributed by atoms with E-state index in [0.29, 0.717) is 13.1 Å². The van der Waals surface area contributed by atoms with Crippen LogP contribution in [0.4, 0.5) is 0 Å². The van der Waals surface area contributed by atoms with Crippen molar-refractivity contribution in [3.05, 3.63) is 77.4 Å². The molecule has 2 aromatic rings. The molecule has 0 heterocycles. The highest BCUT2D eigenvalue weighted by molar-refractivity contribution is 6.13. The summed E-state index contributed by atoms with van der Waals surface area (Å²) in [6.07, 6.45) is 5.76. The lowest BCUT2D eigenvalue weighted by Gasteiger charge is -2.06. The Morgan fingerprint density at radius 3 is 2.35 bits per heavy atom. The van der Waals surface area contributed by atoms with Crippen LogP contribution in [-0.2, 0) is 21.9 Å².